The Bertz CT molecular complexity index is 1000. The van der Waals surface area contributed by atoms with Crippen LogP contribution in [0.4, 0.5) is 0 Å². The number of ether oxygens (including phenoxy) is 2. The standard InChI is InChI=1S/C23H24O4/c1-15-12-13-19-20(14-15)22(26-3)17-9-5-6-10-18(17)23(19)27-21(25)11-7-4-8-16(2)24/h5-6,9-10,12-14H,4,7-8,11H2,1-3H3. The van der Waals surface area contributed by atoms with Gasteiger partial charge in [0.25, 0.3) is 0 Å². The van der Waals surface area contributed by atoms with Gasteiger partial charge >= 0.3 is 5.97 Å². The summed E-state index contributed by atoms with van der Waals surface area (Å²) in [5.74, 6) is 1.21. The van der Waals surface area contributed by atoms with Gasteiger partial charge in [-0.05, 0) is 32.8 Å². The molecule has 0 amide bonds. The molecule has 0 aliphatic rings. The maximum atomic E-state index is 12.4. The number of hydrogen-bond acceptors (Lipinski definition) is 4. The van der Waals surface area contributed by atoms with Crippen LogP contribution in [0.15, 0.2) is 42.5 Å². The van der Waals surface area contributed by atoms with E-state index in [2.05, 4.69) is 0 Å². The Morgan fingerprint density at radius 2 is 1.48 bits per heavy atom. The Hall–Kier alpha value is -2.88. The summed E-state index contributed by atoms with van der Waals surface area (Å²) in [6.07, 6.45) is 2.14. The number of carbonyl (C=O) groups is 2. The number of Topliss-reactive ketones (excluding diaryl/α,β-unsaturated/α-hetero) is 1. The van der Waals surface area contributed by atoms with E-state index in [1.807, 2.05) is 49.4 Å². The second kappa shape index (κ2) is 8.21. The van der Waals surface area contributed by atoms with Crippen molar-refractivity contribution >= 4 is 33.3 Å². The Labute approximate surface area is 159 Å². The van der Waals surface area contributed by atoms with Gasteiger partial charge in [0.05, 0.1) is 7.11 Å². The fraction of sp³-hybridized carbons (Fsp3) is 0.304. The minimum Gasteiger partial charge on any atom is -0.495 e. The van der Waals surface area contributed by atoms with Gasteiger partial charge in [-0.3, -0.25) is 4.79 Å². The Morgan fingerprint density at radius 3 is 2.15 bits per heavy atom. The Morgan fingerprint density at radius 1 is 0.852 bits per heavy atom. The Balaban J connectivity index is 2.00. The summed E-state index contributed by atoms with van der Waals surface area (Å²) in [5.41, 5.74) is 1.11. The molecule has 140 valence electrons. The molecule has 27 heavy (non-hydrogen) atoms. The number of rotatable bonds is 7. The molecular formula is C23H24O4. The van der Waals surface area contributed by atoms with Gasteiger partial charge in [0.15, 0.2) is 0 Å². The zero-order valence-electron chi connectivity index (χ0n) is 16.0. The van der Waals surface area contributed by atoms with Gasteiger partial charge in [0, 0.05) is 34.4 Å². The topological polar surface area (TPSA) is 52.6 Å². The first-order chi connectivity index (χ1) is 13.0. The highest BCUT2D eigenvalue weighted by molar-refractivity contribution is 6.12. The quantitative estimate of drug-likeness (QED) is 0.245. The van der Waals surface area contributed by atoms with Crippen molar-refractivity contribution in [3.63, 3.8) is 0 Å². The summed E-state index contributed by atoms with van der Waals surface area (Å²) >= 11 is 0. The lowest BCUT2D eigenvalue weighted by atomic mass is 9.99. The van der Waals surface area contributed by atoms with E-state index in [0.717, 1.165) is 32.9 Å². The minimum atomic E-state index is -0.282. The summed E-state index contributed by atoms with van der Waals surface area (Å²) in [4.78, 5) is 23.5. The van der Waals surface area contributed by atoms with E-state index in [4.69, 9.17) is 9.47 Å². The van der Waals surface area contributed by atoms with Crippen LogP contribution in [0.5, 0.6) is 11.5 Å². The van der Waals surface area contributed by atoms with E-state index in [9.17, 15) is 9.59 Å². The van der Waals surface area contributed by atoms with Crippen molar-refractivity contribution in [2.45, 2.75) is 39.5 Å². The SMILES string of the molecule is COc1c2ccccc2c(OC(=O)CCCCC(C)=O)c2ccc(C)cc12. The van der Waals surface area contributed by atoms with Gasteiger partial charge < -0.3 is 14.3 Å². The number of unbranched alkanes of at least 4 members (excludes halogenated alkanes) is 1. The maximum absolute atomic E-state index is 12.4. The van der Waals surface area contributed by atoms with Gasteiger partial charge in [-0.2, -0.15) is 0 Å². The largest absolute Gasteiger partial charge is 0.495 e. The van der Waals surface area contributed by atoms with Crippen molar-refractivity contribution in [1.82, 2.24) is 0 Å². The van der Waals surface area contributed by atoms with Crippen molar-refractivity contribution < 1.29 is 19.1 Å². The van der Waals surface area contributed by atoms with Crippen LogP contribution in [0.2, 0.25) is 0 Å². The first-order valence-electron chi connectivity index (χ1n) is 9.20. The third-order valence-electron chi connectivity index (χ3n) is 4.66. The number of ketones is 1. The molecule has 0 aromatic heterocycles. The van der Waals surface area contributed by atoms with Crippen LogP contribution < -0.4 is 9.47 Å². The molecule has 4 nitrogen and oxygen atoms in total. The molecule has 0 saturated carbocycles. The predicted molar refractivity (Wildman–Crippen MR) is 108 cm³/mol. The van der Waals surface area contributed by atoms with Crippen LogP contribution in [0.25, 0.3) is 21.5 Å². The van der Waals surface area contributed by atoms with Gasteiger partial charge in [-0.15, -0.1) is 0 Å². The summed E-state index contributed by atoms with van der Waals surface area (Å²) < 4.78 is 11.5. The van der Waals surface area contributed by atoms with Crippen molar-refractivity contribution in [1.29, 1.82) is 0 Å². The van der Waals surface area contributed by atoms with Gasteiger partial charge in [0.2, 0.25) is 0 Å². The summed E-state index contributed by atoms with van der Waals surface area (Å²) in [6.45, 7) is 3.59. The van der Waals surface area contributed by atoms with Crippen LogP contribution in [0.3, 0.4) is 0 Å². The molecule has 0 bridgehead atoms. The third-order valence-corrected chi connectivity index (χ3v) is 4.66. The molecule has 0 spiro atoms. The zero-order valence-corrected chi connectivity index (χ0v) is 16.0. The first kappa shape index (κ1) is 18.9. The van der Waals surface area contributed by atoms with Crippen molar-refractivity contribution in [2.75, 3.05) is 7.11 Å². The lowest BCUT2D eigenvalue weighted by molar-refractivity contribution is -0.134. The average molecular weight is 364 g/mol. The highest BCUT2D eigenvalue weighted by atomic mass is 16.5. The fourth-order valence-corrected chi connectivity index (χ4v) is 3.35. The number of aryl methyl sites for hydroxylation is 1. The maximum Gasteiger partial charge on any atom is 0.311 e. The van der Waals surface area contributed by atoms with E-state index in [-0.39, 0.29) is 11.8 Å². The normalized spacial score (nSPS) is 10.9. The lowest BCUT2D eigenvalue weighted by Gasteiger charge is -2.16. The predicted octanol–water partition coefficient (Wildman–Crippen LogP) is 5.36. The second-order valence-corrected chi connectivity index (χ2v) is 6.84. The van der Waals surface area contributed by atoms with Gasteiger partial charge in [0.1, 0.15) is 17.3 Å². The minimum absolute atomic E-state index is 0.144. The molecular weight excluding hydrogens is 340 g/mol. The van der Waals surface area contributed by atoms with Gasteiger partial charge in [-0.25, -0.2) is 0 Å². The van der Waals surface area contributed by atoms with Crippen LogP contribution in [0, 0.1) is 6.92 Å². The number of methoxy groups -OCH3 is 1. The molecule has 0 N–H and O–H groups in total. The molecule has 0 aliphatic heterocycles. The number of carbonyl (C=O) groups excluding carboxylic acids is 2. The van der Waals surface area contributed by atoms with Crippen molar-refractivity contribution in [2.24, 2.45) is 0 Å². The number of benzene rings is 3. The molecule has 0 unspecified atom stereocenters. The smallest absolute Gasteiger partial charge is 0.311 e. The van der Waals surface area contributed by atoms with E-state index >= 15 is 0 Å². The first-order valence-corrected chi connectivity index (χ1v) is 9.20. The van der Waals surface area contributed by atoms with E-state index < -0.39 is 0 Å². The van der Waals surface area contributed by atoms with Crippen LogP contribution >= 0.6 is 0 Å². The van der Waals surface area contributed by atoms with Crippen LogP contribution in [-0.2, 0) is 9.59 Å². The molecule has 3 aromatic carbocycles. The molecule has 0 heterocycles. The highest BCUT2D eigenvalue weighted by Gasteiger charge is 2.17. The lowest BCUT2D eigenvalue weighted by Crippen LogP contribution is -2.09. The number of esters is 1. The molecule has 0 saturated heterocycles. The van der Waals surface area contributed by atoms with E-state index in [0.29, 0.717) is 31.4 Å². The second-order valence-electron chi connectivity index (χ2n) is 6.84. The Kier molecular flexibility index (Phi) is 5.75. The summed E-state index contributed by atoms with van der Waals surface area (Å²) in [5, 5.41) is 3.55. The van der Waals surface area contributed by atoms with E-state index in [1.54, 1.807) is 14.0 Å². The molecule has 0 aliphatic carbocycles. The monoisotopic (exact) mass is 364 g/mol. The number of hydrogen-bond donors (Lipinski definition) is 0. The highest BCUT2D eigenvalue weighted by Crippen LogP contribution is 2.43. The molecule has 0 atom stereocenters. The fourth-order valence-electron chi connectivity index (χ4n) is 3.35. The summed E-state index contributed by atoms with van der Waals surface area (Å²) in [7, 11) is 1.66. The van der Waals surface area contributed by atoms with Crippen LogP contribution in [0.1, 0.15) is 38.2 Å². The molecule has 3 rings (SSSR count). The molecule has 0 fully saturated rings. The number of fused-ring (bicyclic) bond motifs is 2. The van der Waals surface area contributed by atoms with Crippen molar-refractivity contribution in [3.05, 3.63) is 48.0 Å². The average Bonchev–Trinajstić information content (AvgIpc) is 2.65. The molecule has 4 heteroatoms. The zero-order chi connectivity index (χ0) is 19.4. The van der Waals surface area contributed by atoms with Crippen LogP contribution in [-0.4, -0.2) is 18.9 Å². The van der Waals surface area contributed by atoms with Crippen molar-refractivity contribution in [3.8, 4) is 11.5 Å². The van der Waals surface area contributed by atoms with Gasteiger partial charge in [-0.1, -0.05) is 42.0 Å². The molecule has 0 radical (unpaired) electrons. The molecule has 3 aromatic rings. The van der Waals surface area contributed by atoms with E-state index in [1.165, 1.54) is 0 Å². The third kappa shape index (κ3) is 4.11. The summed E-state index contributed by atoms with van der Waals surface area (Å²) in [6, 6.07) is 13.8.